The molecule has 3 N–H and O–H groups in total. The molecule has 1 aromatic carbocycles. The smallest absolute Gasteiger partial charge is 0.307 e. The number of aliphatic hydroxyl groups is 1. The molecule has 182 valence electrons. The van der Waals surface area contributed by atoms with Gasteiger partial charge in [-0.2, -0.15) is 5.26 Å². The van der Waals surface area contributed by atoms with E-state index in [9.17, 15) is 24.0 Å². The van der Waals surface area contributed by atoms with Crippen LogP contribution in [0.25, 0.3) is 11.1 Å². The molecule has 1 saturated heterocycles. The van der Waals surface area contributed by atoms with Crippen LogP contribution in [0.4, 0.5) is 10.2 Å². The number of alkyl halides is 1. The molecule has 0 spiro atoms. The number of hydrogen-bond acceptors (Lipinski definition) is 7. The Hall–Kier alpha value is -4.04. The Bertz CT molecular complexity index is 1200. The van der Waals surface area contributed by atoms with Crippen LogP contribution in [0.1, 0.15) is 18.4 Å². The summed E-state index contributed by atoms with van der Waals surface area (Å²) in [4.78, 5) is 40.1. The van der Waals surface area contributed by atoms with Crippen molar-refractivity contribution in [2.75, 3.05) is 25.0 Å². The van der Waals surface area contributed by atoms with Gasteiger partial charge in [-0.3, -0.25) is 14.4 Å². The highest BCUT2D eigenvalue weighted by molar-refractivity contribution is 5.98. The number of piperidine rings is 1. The summed E-state index contributed by atoms with van der Waals surface area (Å²) in [7, 11) is 0. The topological polar surface area (TPSA) is 153 Å². The number of carbonyl (C=O) groups excluding carboxylic acids is 2. The predicted octanol–water partition coefficient (Wildman–Crippen LogP) is 1.59. The van der Waals surface area contributed by atoms with E-state index in [1.165, 1.54) is 11.1 Å². The molecule has 35 heavy (non-hydrogen) atoms. The zero-order valence-corrected chi connectivity index (χ0v) is 18.6. The van der Waals surface area contributed by atoms with E-state index >= 15 is 0 Å². The first-order valence-electron chi connectivity index (χ1n) is 11.0. The minimum Gasteiger partial charge on any atom is -0.486 e. The molecule has 4 atom stereocenters. The Morgan fingerprint density at radius 1 is 1.23 bits per heavy atom. The van der Waals surface area contributed by atoms with Crippen molar-refractivity contribution in [1.29, 1.82) is 5.26 Å². The summed E-state index contributed by atoms with van der Waals surface area (Å²) in [5.41, 5.74) is 1.48. The van der Waals surface area contributed by atoms with Gasteiger partial charge in [-0.15, -0.1) is 0 Å². The first-order valence-corrected chi connectivity index (χ1v) is 11.0. The van der Waals surface area contributed by atoms with E-state index in [0.29, 0.717) is 17.5 Å². The number of aliphatic hydroxyl groups excluding tert-OH is 1. The van der Waals surface area contributed by atoms with Crippen molar-refractivity contribution < 1.29 is 33.7 Å². The number of carbonyl (C=O) groups is 3. The Kier molecular flexibility index (Phi) is 6.93. The molecule has 4 rings (SSSR count). The monoisotopic (exact) mass is 482 g/mol. The number of anilines is 1. The third-order valence-electron chi connectivity index (χ3n) is 6.14. The molecular formula is C24H23FN4O6. The first-order chi connectivity index (χ1) is 16.8. The second-order valence-corrected chi connectivity index (χ2v) is 8.49. The van der Waals surface area contributed by atoms with Gasteiger partial charge in [-0.05, 0) is 41.8 Å². The van der Waals surface area contributed by atoms with Gasteiger partial charge in [-0.25, -0.2) is 9.37 Å². The zero-order chi connectivity index (χ0) is 25.1. The van der Waals surface area contributed by atoms with Gasteiger partial charge >= 0.3 is 5.97 Å². The van der Waals surface area contributed by atoms with Crippen LogP contribution in [-0.4, -0.2) is 69.9 Å². The lowest BCUT2D eigenvalue weighted by atomic mass is 10.0. The van der Waals surface area contributed by atoms with E-state index in [-0.39, 0.29) is 36.6 Å². The highest BCUT2D eigenvalue weighted by Crippen LogP contribution is 2.39. The summed E-state index contributed by atoms with van der Waals surface area (Å²) >= 11 is 0. The fourth-order valence-corrected chi connectivity index (χ4v) is 4.06. The molecule has 1 aliphatic heterocycles. The number of nitrogens with zero attached hydrogens (tertiary/aromatic N) is 3. The van der Waals surface area contributed by atoms with Crippen LogP contribution in [0.15, 0.2) is 36.5 Å². The third-order valence-corrected chi connectivity index (χ3v) is 6.14. The van der Waals surface area contributed by atoms with Crippen molar-refractivity contribution in [3.05, 3.63) is 42.1 Å². The summed E-state index contributed by atoms with van der Waals surface area (Å²) in [6.07, 6.45) is -0.307. The van der Waals surface area contributed by atoms with Crippen LogP contribution in [0.2, 0.25) is 0 Å². The molecule has 10 nitrogen and oxygen atoms in total. The number of aromatic nitrogens is 1. The highest BCUT2D eigenvalue weighted by atomic mass is 19.1. The average molecular weight is 482 g/mol. The van der Waals surface area contributed by atoms with Gasteiger partial charge in [-0.1, -0.05) is 6.07 Å². The maximum atomic E-state index is 14.6. The van der Waals surface area contributed by atoms with Crippen LogP contribution < -0.4 is 10.1 Å². The minimum absolute atomic E-state index is 0.188. The molecule has 0 radical (unpaired) electrons. The Morgan fingerprint density at radius 2 is 2.00 bits per heavy atom. The van der Waals surface area contributed by atoms with Crippen LogP contribution in [0, 0.1) is 23.2 Å². The lowest BCUT2D eigenvalue weighted by Crippen LogP contribution is -2.50. The van der Waals surface area contributed by atoms with Gasteiger partial charge in [0, 0.05) is 19.2 Å². The second-order valence-electron chi connectivity index (χ2n) is 8.49. The standard InChI is InChI=1S/C24H23FN4O6/c25-18-11-29(22(31)12-30)6-4-20(18)35-19-2-1-13(7-15(19)10-26)14-3-5-27-21(8-14)28-23(32)16-9-17(16)24(33)34/h1-3,5,7-8,16-18,20,30H,4,6,9,11-12H2,(H,33,34)(H,27,28,32)/t16-,17-,18-,20+/m1/s1. The number of halogens is 1. The summed E-state index contributed by atoms with van der Waals surface area (Å²) in [5.74, 6) is -2.73. The van der Waals surface area contributed by atoms with Crippen molar-refractivity contribution in [2.45, 2.75) is 25.1 Å². The molecule has 2 fully saturated rings. The van der Waals surface area contributed by atoms with E-state index in [1.807, 2.05) is 6.07 Å². The average Bonchev–Trinajstić information content (AvgIpc) is 3.67. The molecule has 0 unspecified atom stereocenters. The van der Waals surface area contributed by atoms with Crippen LogP contribution in [-0.2, 0) is 14.4 Å². The molecule has 1 saturated carbocycles. The number of hydrogen-bond donors (Lipinski definition) is 3. The molecule has 1 aromatic heterocycles. The van der Waals surface area contributed by atoms with Gasteiger partial charge in [0.25, 0.3) is 0 Å². The van der Waals surface area contributed by atoms with E-state index in [0.717, 1.165) is 0 Å². The first kappa shape index (κ1) is 24.1. The Labute approximate surface area is 199 Å². The maximum Gasteiger partial charge on any atom is 0.307 e. The summed E-state index contributed by atoms with van der Waals surface area (Å²) < 4.78 is 20.3. The summed E-state index contributed by atoms with van der Waals surface area (Å²) in [6, 6.07) is 10.2. The van der Waals surface area contributed by atoms with Gasteiger partial charge in [0.2, 0.25) is 11.8 Å². The molecule has 1 aliphatic carbocycles. The molecule has 2 aliphatic rings. The van der Waals surface area contributed by atoms with Crippen molar-refractivity contribution >= 4 is 23.6 Å². The molecule has 2 aromatic rings. The Morgan fingerprint density at radius 3 is 2.66 bits per heavy atom. The lowest BCUT2D eigenvalue weighted by molar-refractivity contribution is -0.140. The molecule has 0 bridgehead atoms. The Balaban J connectivity index is 1.45. The fraction of sp³-hybridized carbons (Fsp3) is 0.375. The van der Waals surface area contributed by atoms with Gasteiger partial charge in [0.05, 0.1) is 23.9 Å². The zero-order valence-electron chi connectivity index (χ0n) is 18.6. The molecular weight excluding hydrogens is 459 g/mol. The molecule has 2 heterocycles. The number of pyridine rings is 1. The van der Waals surface area contributed by atoms with Crippen LogP contribution in [0.3, 0.4) is 0 Å². The van der Waals surface area contributed by atoms with Gasteiger partial charge in [0.1, 0.15) is 30.3 Å². The van der Waals surface area contributed by atoms with Gasteiger partial charge < -0.3 is 25.2 Å². The van der Waals surface area contributed by atoms with E-state index in [2.05, 4.69) is 10.3 Å². The van der Waals surface area contributed by atoms with E-state index in [4.69, 9.17) is 14.9 Å². The SMILES string of the molecule is N#Cc1cc(-c2ccnc(NC(=O)[C@@H]3C[C@H]3C(=O)O)c2)ccc1O[C@H]1CCN(C(=O)CO)C[C@H]1F. The molecule has 11 heteroatoms. The number of benzene rings is 1. The van der Waals surface area contributed by atoms with E-state index in [1.54, 1.807) is 30.3 Å². The van der Waals surface area contributed by atoms with Crippen LogP contribution in [0.5, 0.6) is 5.75 Å². The van der Waals surface area contributed by atoms with Crippen molar-refractivity contribution in [3.8, 4) is 22.9 Å². The number of likely N-dealkylation sites (tertiary alicyclic amines) is 1. The number of carboxylic acids is 1. The number of amides is 2. The summed E-state index contributed by atoms with van der Waals surface area (Å²) in [6.45, 7) is -0.629. The lowest BCUT2D eigenvalue weighted by Gasteiger charge is -2.34. The van der Waals surface area contributed by atoms with Crippen molar-refractivity contribution in [3.63, 3.8) is 0 Å². The summed E-state index contributed by atoms with van der Waals surface area (Å²) in [5, 5.41) is 30.2. The normalized spacial score (nSPS) is 23.2. The second kappa shape index (κ2) is 10.1. The van der Waals surface area contributed by atoms with Gasteiger partial charge in [0.15, 0.2) is 6.17 Å². The number of nitrogens with one attached hydrogen (secondary N) is 1. The van der Waals surface area contributed by atoms with Crippen molar-refractivity contribution in [1.82, 2.24) is 9.88 Å². The number of ether oxygens (including phenoxy) is 1. The fourth-order valence-electron chi connectivity index (χ4n) is 4.06. The van der Waals surface area contributed by atoms with Crippen molar-refractivity contribution in [2.24, 2.45) is 11.8 Å². The van der Waals surface area contributed by atoms with E-state index < -0.39 is 48.5 Å². The number of rotatable bonds is 7. The third kappa shape index (κ3) is 5.38. The predicted molar refractivity (Wildman–Crippen MR) is 120 cm³/mol. The quantitative estimate of drug-likeness (QED) is 0.538. The minimum atomic E-state index is -1.47. The number of carboxylic acid groups (broad SMARTS) is 1. The maximum absolute atomic E-state index is 14.6. The number of nitriles is 1. The highest BCUT2D eigenvalue weighted by Gasteiger charge is 2.48. The number of aliphatic carboxylic acids is 1. The molecule has 2 amide bonds. The largest absolute Gasteiger partial charge is 0.486 e. The van der Waals surface area contributed by atoms with Crippen LogP contribution >= 0.6 is 0 Å².